The summed E-state index contributed by atoms with van der Waals surface area (Å²) in [4.78, 5) is 18.8. The number of piperazine rings is 1. The first-order chi connectivity index (χ1) is 16.5. The van der Waals surface area contributed by atoms with Gasteiger partial charge in [0.1, 0.15) is 23.0 Å². The van der Waals surface area contributed by atoms with Gasteiger partial charge in [0.25, 0.3) is 5.91 Å². The van der Waals surface area contributed by atoms with E-state index >= 15 is 0 Å². The third-order valence-corrected chi connectivity index (χ3v) is 6.20. The number of methoxy groups -OCH3 is 1. The number of hydrazine groups is 1. The fourth-order valence-electron chi connectivity index (χ4n) is 4.60. The lowest BCUT2D eigenvalue weighted by molar-refractivity contribution is -0.115. The predicted octanol–water partition coefficient (Wildman–Crippen LogP) is 0.876. The lowest BCUT2D eigenvalue weighted by atomic mass is 10.0. The van der Waals surface area contributed by atoms with Gasteiger partial charge in [-0.3, -0.25) is 14.8 Å². The Labute approximate surface area is 198 Å². The summed E-state index contributed by atoms with van der Waals surface area (Å²) >= 11 is 0. The van der Waals surface area contributed by atoms with Crippen LogP contribution in [0.5, 0.6) is 0 Å². The van der Waals surface area contributed by atoms with Gasteiger partial charge in [0.15, 0.2) is 6.23 Å². The lowest BCUT2D eigenvalue weighted by Crippen LogP contribution is -2.53. The van der Waals surface area contributed by atoms with Crippen molar-refractivity contribution < 1.29 is 9.53 Å². The minimum Gasteiger partial charge on any atom is -0.366 e. The number of carbonyl (C=O) groups excluding carboxylic acids is 1. The van der Waals surface area contributed by atoms with E-state index in [1.807, 2.05) is 30.3 Å². The number of rotatable bonds is 6. The van der Waals surface area contributed by atoms with Crippen molar-refractivity contribution in [1.82, 2.24) is 15.3 Å². The van der Waals surface area contributed by atoms with E-state index < -0.39 is 12.1 Å². The molecule has 0 aliphatic carbocycles. The van der Waals surface area contributed by atoms with Crippen LogP contribution in [0.15, 0.2) is 54.0 Å². The number of aromatic nitrogens is 1. The molecule has 0 saturated carbocycles. The van der Waals surface area contributed by atoms with Gasteiger partial charge in [-0.25, -0.2) is 5.01 Å². The average Bonchev–Trinajstić information content (AvgIpc) is 3.16. The van der Waals surface area contributed by atoms with Crippen LogP contribution in [-0.2, 0) is 16.0 Å². The van der Waals surface area contributed by atoms with Crippen LogP contribution in [0.3, 0.4) is 0 Å². The van der Waals surface area contributed by atoms with Crippen LogP contribution in [0.2, 0.25) is 0 Å². The van der Waals surface area contributed by atoms with Crippen molar-refractivity contribution in [3.05, 3.63) is 65.1 Å². The molecule has 1 aromatic heterocycles. The highest BCUT2D eigenvalue weighted by atomic mass is 16.5. The number of carbonyl (C=O) groups is 1. The second-order valence-electron chi connectivity index (χ2n) is 8.12. The molecule has 4 rings (SSSR count). The van der Waals surface area contributed by atoms with E-state index in [-0.39, 0.29) is 17.3 Å². The Bertz CT molecular complexity index is 1180. The zero-order valence-corrected chi connectivity index (χ0v) is 19.1. The number of nitrogens with two attached hydrogens (primary N) is 1. The monoisotopic (exact) mass is 458 g/mol. The number of benzene rings is 1. The third kappa shape index (κ3) is 4.13. The molecule has 1 amide bonds. The Hall–Kier alpha value is -4.12. The first-order valence-corrected chi connectivity index (χ1v) is 10.9. The predicted molar refractivity (Wildman–Crippen MR) is 126 cm³/mol. The van der Waals surface area contributed by atoms with Gasteiger partial charge < -0.3 is 20.7 Å². The van der Waals surface area contributed by atoms with Gasteiger partial charge in [0.2, 0.25) is 0 Å². The van der Waals surface area contributed by atoms with Gasteiger partial charge in [0, 0.05) is 46.0 Å². The molecule has 174 valence electrons. The molecule has 0 radical (unpaired) electrons. The maximum Gasteiger partial charge on any atom is 0.252 e. The maximum absolute atomic E-state index is 12.2. The van der Waals surface area contributed by atoms with Crippen molar-refractivity contribution in [2.45, 2.75) is 18.7 Å². The van der Waals surface area contributed by atoms with Crippen LogP contribution >= 0.6 is 0 Å². The molecule has 1 aromatic carbocycles. The SMILES string of the molecule is COC1C(C(N)=O)=C(C#N)N(C)N1c1cnccc1N1CCNCC1Cc1ccc(C#N)cc1. The molecule has 34 heavy (non-hydrogen) atoms. The van der Waals surface area contributed by atoms with Gasteiger partial charge in [-0.1, -0.05) is 12.1 Å². The summed E-state index contributed by atoms with van der Waals surface area (Å²) in [5.41, 5.74) is 9.23. The molecule has 1 fully saturated rings. The molecule has 2 aromatic rings. The molecular formula is C24H26N8O2. The number of hydrogen-bond donors (Lipinski definition) is 2. The van der Waals surface area contributed by atoms with E-state index in [1.165, 1.54) is 7.11 Å². The van der Waals surface area contributed by atoms with Crippen molar-refractivity contribution in [3.63, 3.8) is 0 Å². The van der Waals surface area contributed by atoms with Crippen LogP contribution in [0.25, 0.3) is 0 Å². The van der Waals surface area contributed by atoms with Crippen LogP contribution in [0.4, 0.5) is 11.4 Å². The first-order valence-electron chi connectivity index (χ1n) is 10.9. The van der Waals surface area contributed by atoms with Crippen molar-refractivity contribution in [2.24, 2.45) is 5.73 Å². The minimum atomic E-state index is -0.847. The van der Waals surface area contributed by atoms with Crippen molar-refractivity contribution in [2.75, 3.05) is 43.7 Å². The number of anilines is 2. The number of primary amides is 1. The van der Waals surface area contributed by atoms with Gasteiger partial charge in [-0.05, 0) is 30.2 Å². The number of nitrogens with zero attached hydrogens (tertiary/aromatic N) is 6. The Morgan fingerprint density at radius 1 is 1.24 bits per heavy atom. The number of hydrogen-bond acceptors (Lipinski definition) is 9. The molecule has 0 spiro atoms. The summed E-state index contributed by atoms with van der Waals surface area (Å²) in [6, 6.07) is 13.9. The number of nitriles is 2. The summed E-state index contributed by atoms with van der Waals surface area (Å²) in [7, 11) is 3.17. The minimum absolute atomic E-state index is 0.108. The normalized spacial score (nSPS) is 20.3. The van der Waals surface area contributed by atoms with Crippen molar-refractivity contribution >= 4 is 17.3 Å². The highest BCUT2D eigenvalue weighted by Crippen LogP contribution is 2.39. The fraction of sp³-hybridized carbons (Fsp3) is 0.333. The topological polar surface area (TPSA) is 135 Å². The number of pyridine rings is 1. The van der Waals surface area contributed by atoms with E-state index in [2.05, 4.69) is 27.3 Å². The molecule has 3 N–H and O–H groups in total. The number of amides is 1. The van der Waals surface area contributed by atoms with E-state index in [0.717, 1.165) is 37.3 Å². The van der Waals surface area contributed by atoms with Gasteiger partial charge >= 0.3 is 0 Å². The summed E-state index contributed by atoms with van der Waals surface area (Å²) in [5.74, 6) is -0.705. The van der Waals surface area contributed by atoms with Gasteiger partial charge in [-0.15, -0.1) is 0 Å². The summed E-state index contributed by atoms with van der Waals surface area (Å²) in [6.45, 7) is 2.34. The highest BCUT2D eigenvalue weighted by Gasteiger charge is 2.42. The largest absolute Gasteiger partial charge is 0.366 e. The number of allylic oxidation sites excluding steroid dienone is 1. The van der Waals surface area contributed by atoms with Crippen LogP contribution in [-0.4, -0.2) is 62.0 Å². The average molecular weight is 459 g/mol. The Kier molecular flexibility index (Phi) is 6.64. The summed E-state index contributed by atoms with van der Waals surface area (Å²) in [6.07, 6.45) is 3.36. The van der Waals surface area contributed by atoms with E-state index in [9.17, 15) is 10.1 Å². The zero-order valence-electron chi connectivity index (χ0n) is 19.1. The molecule has 10 heteroatoms. The summed E-state index contributed by atoms with van der Waals surface area (Å²) < 4.78 is 5.63. The number of nitrogens with one attached hydrogen (secondary N) is 1. The smallest absolute Gasteiger partial charge is 0.252 e. The third-order valence-electron chi connectivity index (χ3n) is 6.20. The van der Waals surface area contributed by atoms with Gasteiger partial charge in [0.05, 0.1) is 23.5 Å². The molecule has 2 unspecified atom stereocenters. The quantitative estimate of drug-likeness (QED) is 0.647. The van der Waals surface area contributed by atoms with E-state index in [0.29, 0.717) is 11.3 Å². The van der Waals surface area contributed by atoms with Crippen molar-refractivity contribution in [1.29, 1.82) is 10.5 Å². The van der Waals surface area contributed by atoms with Crippen LogP contribution < -0.4 is 21.0 Å². The summed E-state index contributed by atoms with van der Waals surface area (Å²) in [5, 5.41) is 25.6. The second kappa shape index (κ2) is 9.79. The zero-order chi connectivity index (χ0) is 24.2. The highest BCUT2D eigenvalue weighted by molar-refractivity contribution is 5.96. The molecule has 10 nitrogen and oxygen atoms in total. The standard InChI is InChI=1S/C24H26N8O2/c1-30-20(13-26)22(23(27)33)24(34-2)32(30)21-15-28-8-7-19(21)31-10-9-29-14-18(31)11-16-3-5-17(12-25)6-4-16/h3-8,15,18,24,29H,9-11,14H2,1-2H3,(H2,27,33). The Morgan fingerprint density at radius 2 is 2.00 bits per heavy atom. The fourth-order valence-corrected chi connectivity index (χ4v) is 4.60. The first kappa shape index (κ1) is 23.1. The molecule has 2 atom stereocenters. The number of ether oxygens (including phenoxy) is 1. The lowest BCUT2D eigenvalue weighted by Gasteiger charge is -2.41. The van der Waals surface area contributed by atoms with E-state index in [1.54, 1.807) is 29.5 Å². The van der Waals surface area contributed by atoms with E-state index in [4.69, 9.17) is 15.7 Å². The molecule has 0 bridgehead atoms. The second-order valence-corrected chi connectivity index (χ2v) is 8.12. The maximum atomic E-state index is 12.2. The molecule has 1 saturated heterocycles. The van der Waals surface area contributed by atoms with Gasteiger partial charge in [-0.2, -0.15) is 10.5 Å². The molecule has 2 aliphatic rings. The Balaban J connectivity index is 1.70. The Morgan fingerprint density at radius 3 is 2.65 bits per heavy atom. The molecule has 2 aliphatic heterocycles. The van der Waals surface area contributed by atoms with Crippen LogP contribution in [0.1, 0.15) is 11.1 Å². The van der Waals surface area contributed by atoms with Crippen LogP contribution in [0, 0.1) is 22.7 Å². The molecule has 3 heterocycles. The van der Waals surface area contributed by atoms with Crippen molar-refractivity contribution in [3.8, 4) is 12.1 Å². The molecular weight excluding hydrogens is 432 g/mol.